The SMILES string of the molecule is O=C(O)c1ccc(/C=N\NC(=O)[C@@H](NC(=O)c2ccccc2)c2n[nH]c(=O)c3ccccc23)cc1. The summed E-state index contributed by atoms with van der Waals surface area (Å²) in [5.41, 5.74) is 3.08. The first-order valence-electron chi connectivity index (χ1n) is 10.4. The van der Waals surface area contributed by atoms with Crippen molar-refractivity contribution in [3.05, 3.63) is 112 Å². The van der Waals surface area contributed by atoms with Crippen LogP contribution in [0.2, 0.25) is 0 Å². The monoisotopic (exact) mass is 469 g/mol. The van der Waals surface area contributed by atoms with E-state index in [1.807, 2.05) is 0 Å². The molecular weight excluding hydrogens is 450 g/mol. The summed E-state index contributed by atoms with van der Waals surface area (Å²) < 4.78 is 0. The molecule has 0 bridgehead atoms. The Labute approximate surface area is 198 Å². The van der Waals surface area contributed by atoms with Gasteiger partial charge in [0.2, 0.25) is 0 Å². The fraction of sp³-hybridized carbons (Fsp3) is 0.0400. The van der Waals surface area contributed by atoms with Crippen molar-refractivity contribution in [3.8, 4) is 0 Å². The van der Waals surface area contributed by atoms with E-state index in [1.54, 1.807) is 54.6 Å². The number of hydrogen-bond donors (Lipinski definition) is 4. The van der Waals surface area contributed by atoms with Crippen LogP contribution >= 0.6 is 0 Å². The predicted molar refractivity (Wildman–Crippen MR) is 128 cm³/mol. The number of carboxylic acid groups (broad SMARTS) is 1. The van der Waals surface area contributed by atoms with E-state index < -0.39 is 29.4 Å². The minimum Gasteiger partial charge on any atom is -0.478 e. The standard InChI is InChI=1S/C25H19N5O5/c31-22(16-6-2-1-3-7-16)27-21(20-18-8-4-5-9-19(18)23(32)30-28-20)24(33)29-26-14-15-10-12-17(13-11-15)25(34)35/h1-14,21H,(H,27,31)(H,29,33)(H,30,32)(H,34,35)/b26-14-/t21-/m0/s1. The average Bonchev–Trinajstić information content (AvgIpc) is 2.88. The summed E-state index contributed by atoms with van der Waals surface area (Å²) in [6.07, 6.45) is 1.33. The zero-order valence-corrected chi connectivity index (χ0v) is 18.1. The number of fused-ring (bicyclic) bond motifs is 1. The maximum Gasteiger partial charge on any atom is 0.335 e. The number of hydrogen-bond acceptors (Lipinski definition) is 6. The van der Waals surface area contributed by atoms with Crippen LogP contribution in [0.4, 0.5) is 0 Å². The van der Waals surface area contributed by atoms with Gasteiger partial charge in [-0.1, -0.05) is 48.5 Å². The lowest BCUT2D eigenvalue weighted by Gasteiger charge is -2.18. The van der Waals surface area contributed by atoms with E-state index in [-0.39, 0.29) is 11.3 Å². The molecule has 4 aromatic rings. The minimum absolute atomic E-state index is 0.117. The third-order valence-corrected chi connectivity index (χ3v) is 5.12. The molecule has 2 amide bonds. The highest BCUT2D eigenvalue weighted by molar-refractivity contribution is 5.99. The molecule has 0 saturated heterocycles. The molecule has 10 heteroatoms. The maximum absolute atomic E-state index is 13.1. The molecule has 4 N–H and O–H groups in total. The van der Waals surface area contributed by atoms with Gasteiger partial charge in [-0.05, 0) is 35.9 Å². The van der Waals surface area contributed by atoms with Crippen LogP contribution in [-0.2, 0) is 4.79 Å². The topological polar surface area (TPSA) is 154 Å². The normalized spacial score (nSPS) is 11.8. The third-order valence-electron chi connectivity index (χ3n) is 5.12. The van der Waals surface area contributed by atoms with Crippen molar-refractivity contribution in [1.29, 1.82) is 0 Å². The van der Waals surface area contributed by atoms with Gasteiger partial charge in [0.15, 0.2) is 6.04 Å². The van der Waals surface area contributed by atoms with Crippen molar-refractivity contribution >= 4 is 34.8 Å². The second kappa shape index (κ2) is 10.2. The number of benzene rings is 3. The average molecular weight is 469 g/mol. The highest BCUT2D eigenvalue weighted by atomic mass is 16.4. The van der Waals surface area contributed by atoms with Gasteiger partial charge in [-0.2, -0.15) is 10.2 Å². The van der Waals surface area contributed by atoms with E-state index in [0.29, 0.717) is 21.9 Å². The molecule has 174 valence electrons. The van der Waals surface area contributed by atoms with Crippen LogP contribution in [0.25, 0.3) is 10.8 Å². The summed E-state index contributed by atoms with van der Waals surface area (Å²) in [4.78, 5) is 49.1. The molecule has 0 unspecified atom stereocenters. The first-order valence-corrected chi connectivity index (χ1v) is 10.4. The lowest BCUT2D eigenvalue weighted by molar-refractivity contribution is -0.123. The van der Waals surface area contributed by atoms with Gasteiger partial charge in [-0.3, -0.25) is 14.4 Å². The number of carbonyl (C=O) groups is 3. The first-order chi connectivity index (χ1) is 16.9. The lowest BCUT2D eigenvalue weighted by atomic mass is 10.0. The number of hydrazone groups is 1. The van der Waals surface area contributed by atoms with Gasteiger partial charge in [-0.15, -0.1) is 0 Å². The van der Waals surface area contributed by atoms with Crippen molar-refractivity contribution < 1.29 is 19.5 Å². The Kier molecular flexibility index (Phi) is 6.73. The quantitative estimate of drug-likeness (QED) is 0.240. The van der Waals surface area contributed by atoms with Crippen molar-refractivity contribution in [2.45, 2.75) is 6.04 Å². The van der Waals surface area contributed by atoms with E-state index in [2.05, 4.69) is 26.0 Å². The summed E-state index contributed by atoms with van der Waals surface area (Å²) in [6, 6.07) is 19.5. The molecule has 0 fully saturated rings. The summed E-state index contributed by atoms with van der Waals surface area (Å²) >= 11 is 0. The molecule has 0 aliphatic rings. The van der Waals surface area contributed by atoms with Gasteiger partial charge < -0.3 is 10.4 Å². The Morgan fingerprint density at radius 3 is 2.23 bits per heavy atom. The number of nitrogens with one attached hydrogen (secondary N) is 3. The molecule has 10 nitrogen and oxygen atoms in total. The summed E-state index contributed by atoms with van der Waals surface area (Å²) in [5, 5.41) is 22.7. The second-order valence-corrected chi connectivity index (χ2v) is 7.42. The second-order valence-electron chi connectivity index (χ2n) is 7.42. The lowest BCUT2D eigenvalue weighted by Crippen LogP contribution is -2.40. The Morgan fingerprint density at radius 1 is 0.886 bits per heavy atom. The number of rotatable bonds is 7. The van der Waals surface area contributed by atoms with Crippen LogP contribution in [0.3, 0.4) is 0 Å². The van der Waals surface area contributed by atoms with E-state index in [1.165, 1.54) is 30.5 Å². The summed E-state index contributed by atoms with van der Waals surface area (Å²) in [5.74, 6) is -2.27. The molecule has 0 radical (unpaired) electrons. The van der Waals surface area contributed by atoms with Gasteiger partial charge in [0, 0.05) is 10.9 Å². The molecule has 0 saturated carbocycles. The van der Waals surface area contributed by atoms with Crippen LogP contribution in [0, 0.1) is 0 Å². The smallest absolute Gasteiger partial charge is 0.335 e. The Morgan fingerprint density at radius 2 is 1.54 bits per heavy atom. The number of aromatic amines is 1. The predicted octanol–water partition coefficient (Wildman–Crippen LogP) is 2.24. The minimum atomic E-state index is -1.28. The molecule has 1 aromatic heterocycles. The molecule has 35 heavy (non-hydrogen) atoms. The maximum atomic E-state index is 13.1. The van der Waals surface area contributed by atoms with E-state index in [4.69, 9.17) is 5.11 Å². The van der Waals surface area contributed by atoms with E-state index in [9.17, 15) is 19.2 Å². The molecule has 4 rings (SSSR count). The van der Waals surface area contributed by atoms with E-state index in [0.717, 1.165) is 0 Å². The molecule has 0 spiro atoms. The van der Waals surface area contributed by atoms with Gasteiger partial charge in [0.1, 0.15) is 5.69 Å². The molecular formula is C25H19N5O5. The van der Waals surface area contributed by atoms with Crippen LogP contribution < -0.4 is 16.3 Å². The number of aromatic carboxylic acids is 1. The molecule has 1 atom stereocenters. The van der Waals surface area contributed by atoms with Crippen LogP contribution in [0.5, 0.6) is 0 Å². The number of carbonyl (C=O) groups excluding carboxylic acids is 2. The number of aromatic nitrogens is 2. The number of H-pyrrole nitrogens is 1. The number of amides is 2. The fourth-order valence-corrected chi connectivity index (χ4v) is 3.36. The number of nitrogens with zero attached hydrogens (tertiary/aromatic N) is 2. The Balaban J connectivity index is 1.63. The Hall–Kier alpha value is -5.12. The van der Waals surface area contributed by atoms with Gasteiger partial charge in [0.25, 0.3) is 17.4 Å². The van der Waals surface area contributed by atoms with Crippen LogP contribution in [-0.4, -0.2) is 39.3 Å². The molecule has 0 aliphatic heterocycles. The largest absolute Gasteiger partial charge is 0.478 e. The van der Waals surface area contributed by atoms with Crippen molar-refractivity contribution in [2.24, 2.45) is 5.10 Å². The summed E-state index contributed by atoms with van der Waals surface area (Å²) in [7, 11) is 0. The van der Waals surface area contributed by atoms with Crippen LogP contribution in [0.1, 0.15) is 38.0 Å². The fourth-order valence-electron chi connectivity index (χ4n) is 3.36. The van der Waals surface area contributed by atoms with Gasteiger partial charge in [-0.25, -0.2) is 15.3 Å². The molecule has 0 aliphatic carbocycles. The van der Waals surface area contributed by atoms with Gasteiger partial charge in [0.05, 0.1) is 17.2 Å². The van der Waals surface area contributed by atoms with Crippen molar-refractivity contribution in [1.82, 2.24) is 20.9 Å². The zero-order valence-electron chi connectivity index (χ0n) is 18.1. The van der Waals surface area contributed by atoms with Gasteiger partial charge >= 0.3 is 5.97 Å². The molecule has 3 aromatic carbocycles. The van der Waals surface area contributed by atoms with Crippen molar-refractivity contribution in [2.75, 3.05) is 0 Å². The molecule has 1 heterocycles. The highest BCUT2D eigenvalue weighted by Crippen LogP contribution is 2.20. The van der Waals surface area contributed by atoms with Crippen LogP contribution in [0.15, 0.2) is 88.8 Å². The zero-order chi connectivity index (χ0) is 24.8. The van der Waals surface area contributed by atoms with E-state index >= 15 is 0 Å². The number of carboxylic acids is 1. The Bertz CT molecular complexity index is 1480. The third kappa shape index (κ3) is 5.28. The summed E-state index contributed by atoms with van der Waals surface area (Å²) in [6.45, 7) is 0. The highest BCUT2D eigenvalue weighted by Gasteiger charge is 2.27. The van der Waals surface area contributed by atoms with Crippen molar-refractivity contribution in [3.63, 3.8) is 0 Å². The first kappa shape index (κ1) is 23.1.